The lowest BCUT2D eigenvalue weighted by Gasteiger charge is -2.43. The Hall–Kier alpha value is -1.12. The highest BCUT2D eigenvalue weighted by Crippen LogP contribution is 2.36. The summed E-state index contributed by atoms with van der Waals surface area (Å²) in [6.45, 7) is 35.6. The van der Waals surface area contributed by atoms with Crippen molar-refractivity contribution in [3.8, 4) is 0 Å². The van der Waals surface area contributed by atoms with E-state index in [9.17, 15) is 5.21 Å². The van der Waals surface area contributed by atoms with Crippen LogP contribution in [0.15, 0.2) is 49.1 Å². The standard InChI is InChI=1S/C18H30.C10H23NO.C2H6/c1-8-11-13-16(12-9-2)17(15(4)5)14-18(6,7)10-3;1-7-9(3,4)11(12)10(5,6)8-2;1-2/h8-9,11-13,15,17H,1-2,10,14H2,3-7H3;12H,7-8H2,1-6H3;1-2H3/b13-11-,16-12+;;. The molecular formula is C30H59NO. The summed E-state index contributed by atoms with van der Waals surface area (Å²) in [7, 11) is 0. The first-order chi connectivity index (χ1) is 14.7. The molecule has 0 rings (SSSR count). The maximum atomic E-state index is 9.94. The van der Waals surface area contributed by atoms with Gasteiger partial charge in [-0.05, 0) is 69.8 Å². The Bertz CT molecular complexity index is 533. The monoisotopic (exact) mass is 449 g/mol. The van der Waals surface area contributed by atoms with Crippen molar-refractivity contribution in [1.29, 1.82) is 0 Å². The number of nitrogens with zero attached hydrogens (tertiary/aromatic N) is 1. The van der Waals surface area contributed by atoms with Crippen molar-refractivity contribution < 1.29 is 5.21 Å². The van der Waals surface area contributed by atoms with Crippen molar-refractivity contribution in [3.63, 3.8) is 0 Å². The van der Waals surface area contributed by atoms with E-state index in [4.69, 9.17) is 0 Å². The summed E-state index contributed by atoms with van der Waals surface area (Å²) < 4.78 is 0. The van der Waals surface area contributed by atoms with E-state index in [1.807, 2.05) is 32.1 Å². The van der Waals surface area contributed by atoms with E-state index in [0.29, 0.717) is 17.3 Å². The molecule has 190 valence electrons. The number of allylic oxidation sites excluding steroid dienone is 6. The molecule has 0 bridgehead atoms. The van der Waals surface area contributed by atoms with Crippen molar-refractivity contribution in [1.82, 2.24) is 5.06 Å². The summed E-state index contributed by atoms with van der Waals surface area (Å²) in [5, 5.41) is 11.4. The Labute approximate surface area is 203 Å². The first-order valence-corrected chi connectivity index (χ1v) is 12.8. The normalized spacial score (nSPS) is 13.9. The van der Waals surface area contributed by atoms with Crippen molar-refractivity contribution in [2.75, 3.05) is 0 Å². The lowest BCUT2D eigenvalue weighted by atomic mass is 9.73. The molecule has 0 aliphatic carbocycles. The molecule has 2 heteroatoms. The second-order valence-electron chi connectivity index (χ2n) is 10.7. The number of hydrogen-bond acceptors (Lipinski definition) is 2. The molecule has 0 aliphatic rings. The van der Waals surface area contributed by atoms with Crippen molar-refractivity contribution in [3.05, 3.63) is 49.1 Å². The van der Waals surface area contributed by atoms with Crippen molar-refractivity contribution >= 4 is 0 Å². The van der Waals surface area contributed by atoms with Gasteiger partial charge in [0.15, 0.2) is 0 Å². The first-order valence-electron chi connectivity index (χ1n) is 12.8. The predicted octanol–water partition coefficient (Wildman–Crippen LogP) is 10.0. The minimum Gasteiger partial charge on any atom is -0.313 e. The zero-order valence-electron chi connectivity index (χ0n) is 24.2. The van der Waals surface area contributed by atoms with Crippen LogP contribution in [0.5, 0.6) is 0 Å². The average molecular weight is 450 g/mol. The molecule has 0 aromatic rings. The zero-order valence-corrected chi connectivity index (χ0v) is 24.2. The van der Waals surface area contributed by atoms with E-state index in [2.05, 4.69) is 101 Å². The van der Waals surface area contributed by atoms with Crippen LogP contribution in [0.2, 0.25) is 0 Å². The Balaban J connectivity index is -0.000000521. The van der Waals surface area contributed by atoms with Gasteiger partial charge >= 0.3 is 0 Å². The first kappa shape index (κ1) is 35.5. The SMILES string of the molecule is C=C/C=C\C(=C/C=C)C(CC(C)(C)CC)C(C)C.CC.CCC(C)(C)N(O)C(C)(C)CC. The van der Waals surface area contributed by atoms with Crippen LogP contribution in [-0.4, -0.2) is 21.3 Å². The maximum absolute atomic E-state index is 9.94. The smallest absolute Gasteiger partial charge is 0.0407 e. The molecule has 0 spiro atoms. The minimum absolute atomic E-state index is 0.125. The van der Waals surface area contributed by atoms with Crippen LogP contribution in [0.25, 0.3) is 0 Å². The number of hydroxylamine groups is 2. The van der Waals surface area contributed by atoms with Gasteiger partial charge in [0.05, 0.1) is 0 Å². The van der Waals surface area contributed by atoms with Gasteiger partial charge in [0.1, 0.15) is 0 Å². The molecule has 0 radical (unpaired) electrons. The predicted molar refractivity (Wildman–Crippen MR) is 148 cm³/mol. The molecule has 2 nitrogen and oxygen atoms in total. The molecule has 0 aromatic carbocycles. The van der Waals surface area contributed by atoms with Crippen LogP contribution in [0.1, 0.15) is 116 Å². The molecule has 0 fully saturated rings. The minimum atomic E-state index is -0.125. The Morgan fingerprint density at radius 3 is 1.56 bits per heavy atom. The summed E-state index contributed by atoms with van der Waals surface area (Å²) in [6, 6.07) is 0. The average Bonchev–Trinajstić information content (AvgIpc) is 2.76. The molecule has 1 unspecified atom stereocenters. The lowest BCUT2D eigenvalue weighted by Crippen LogP contribution is -2.52. The molecule has 0 saturated carbocycles. The molecule has 1 N–H and O–H groups in total. The second-order valence-corrected chi connectivity index (χ2v) is 10.7. The van der Waals surface area contributed by atoms with Crippen LogP contribution < -0.4 is 0 Å². The van der Waals surface area contributed by atoms with Crippen molar-refractivity contribution in [2.24, 2.45) is 17.3 Å². The molecular weight excluding hydrogens is 390 g/mol. The molecule has 1 atom stereocenters. The second kappa shape index (κ2) is 17.4. The topological polar surface area (TPSA) is 23.5 Å². The quantitative estimate of drug-likeness (QED) is 0.236. The summed E-state index contributed by atoms with van der Waals surface area (Å²) in [5.74, 6) is 1.21. The highest BCUT2D eigenvalue weighted by atomic mass is 16.5. The third-order valence-electron chi connectivity index (χ3n) is 6.57. The molecule has 0 heterocycles. The fourth-order valence-corrected chi connectivity index (χ4v) is 3.21. The molecule has 0 saturated heterocycles. The molecule has 0 aliphatic heterocycles. The summed E-state index contributed by atoms with van der Waals surface area (Å²) >= 11 is 0. The van der Waals surface area contributed by atoms with Gasteiger partial charge in [-0.25, -0.2) is 0 Å². The third-order valence-corrected chi connectivity index (χ3v) is 6.57. The molecule has 0 aromatic heterocycles. The van der Waals surface area contributed by atoms with Gasteiger partial charge in [0, 0.05) is 11.1 Å². The van der Waals surface area contributed by atoms with Gasteiger partial charge < -0.3 is 5.21 Å². The van der Waals surface area contributed by atoms with Gasteiger partial charge in [-0.1, -0.05) is 112 Å². The Morgan fingerprint density at radius 2 is 1.28 bits per heavy atom. The van der Waals surface area contributed by atoms with E-state index in [-0.39, 0.29) is 11.1 Å². The van der Waals surface area contributed by atoms with E-state index in [1.54, 1.807) is 0 Å². The largest absolute Gasteiger partial charge is 0.313 e. The highest BCUT2D eigenvalue weighted by Gasteiger charge is 2.34. The summed E-state index contributed by atoms with van der Waals surface area (Å²) in [4.78, 5) is 0. The van der Waals surface area contributed by atoms with E-state index >= 15 is 0 Å². The lowest BCUT2D eigenvalue weighted by molar-refractivity contribution is -0.224. The van der Waals surface area contributed by atoms with Crippen LogP contribution >= 0.6 is 0 Å². The highest BCUT2D eigenvalue weighted by molar-refractivity contribution is 5.28. The van der Waals surface area contributed by atoms with Crippen LogP contribution in [0.4, 0.5) is 0 Å². The van der Waals surface area contributed by atoms with Crippen LogP contribution in [-0.2, 0) is 0 Å². The fourth-order valence-electron chi connectivity index (χ4n) is 3.21. The van der Waals surface area contributed by atoms with Crippen LogP contribution in [0.3, 0.4) is 0 Å². The van der Waals surface area contributed by atoms with E-state index < -0.39 is 0 Å². The Kier molecular flexibility index (Phi) is 19.3. The van der Waals surface area contributed by atoms with Gasteiger partial charge in [-0.3, -0.25) is 0 Å². The van der Waals surface area contributed by atoms with Gasteiger partial charge in [0.25, 0.3) is 0 Å². The van der Waals surface area contributed by atoms with Gasteiger partial charge in [-0.2, -0.15) is 5.06 Å². The van der Waals surface area contributed by atoms with E-state index in [1.165, 1.54) is 23.5 Å². The fraction of sp³-hybridized carbons (Fsp3) is 0.733. The number of rotatable bonds is 12. The van der Waals surface area contributed by atoms with Crippen molar-refractivity contribution in [2.45, 2.75) is 127 Å². The van der Waals surface area contributed by atoms with Gasteiger partial charge in [0.2, 0.25) is 0 Å². The van der Waals surface area contributed by atoms with Gasteiger partial charge in [-0.15, -0.1) is 0 Å². The van der Waals surface area contributed by atoms with Crippen LogP contribution in [0, 0.1) is 17.3 Å². The third kappa shape index (κ3) is 14.1. The molecule has 32 heavy (non-hydrogen) atoms. The Morgan fingerprint density at radius 1 is 0.844 bits per heavy atom. The maximum Gasteiger partial charge on any atom is 0.0407 e. The summed E-state index contributed by atoms with van der Waals surface area (Å²) in [6.07, 6.45) is 14.4. The van der Waals surface area contributed by atoms with E-state index in [0.717, 1.165) is 12.8 Å². The summed E-state index contributed by atoms with van der Waals surface area (Å²) in [5.41, 5.74) is 1.50. The zero-order chi connectivity index (χ0) is 26.2. The molecule has 0 amide bonds. The number of hydrogen-bond donors (Lipinski definition) is 1.